The second kappa shape index (κ2) is 4.99. The summed E-state index contributed by atoms with van der Waals surface area (Å²) in [5.74, 6) is 0.768. The molecule has 1 aromatic rings. The van der Waals surface area contributed by atoms with Crippen LogP contribution in [-0.4, -0.2) is 7.11 Å². The zero-order valence-electron chi connectivity index (χ0n) is 7.83. The van der Waals surface area contributed by atoms with E-state index in [0.717, 1.165) is 15.8 Å². The van der Waals surface area contributed by atoms with Gasteiger partial charge in [0.15, 0.2) is 0 Å². The third-order valence-electron chi connectivity index (χ3n) is 1.92. The molecular weight excluding hydrogens is 244 g/mol. The van der Waals surface area contributed by atoms with Crippen molar-refractivity contribution in [1.29, 1.82) is 5.26 Å². The van der Waals surface area contributed by atoms with Gasteiger partial charge in [-0.1, -0.05) is 22.0 Å². The van der Waals surface area contributed by atoms with Gasteiger partial charge in [0.25, 0.3) is 0 Å². The molecule has 2 N–H and O–H groups in total. The van der Waals surface area contributed by atoms with Gasteiger partial charge in [0.2, 0.25) is 0 Å². The smallest absolute Gasteiger partial charge is 0.120 e. The molecule has 0 aliphatic rings. The number of ether oxygens (including phenoxy) is 1. The monoisotopic (exact) mass is 254 g/mol. The van der Waals surface area contributed by atoms with Crippen LogP contribution in [0.2, 0.25) is 0 Å². The summed E-state index contributed by atoms with van der Waals surface area (Å²) < 4.78 is 5.93. The predicted molar refractivity (Wildman–Crippen MR) is 57.9 cm³/mol. The van der Waals surface area contributed by atoms with Gasteiger partial charge in [0.1, 0.15) is 5.75 Å². The fourth-order valence-electron chi connectivity index (χ4n) is 1.14. The van der Waals surface area contributed by atoms with Crippen LogP contribution in [0.5, 0.6) is 5.75 Å². The molecule has 0 radical (unpaired) electrons. The van der Waals surface area contributed by atoms with Gasteiger partial charge in [-0.3, -0.25) is 0 Å². The summed E-state index contributed by atoms with van der Waals surface area (Å²) in [5, 5.41) is 8.52. The summed E-state index contributed by atoms with van der Waals surface area (Å²) >= 11 is 3.39. The number of rotatable bonds is 3. The minimum atomic E-state index is -0.250. The van der Waals surface area contributed by atoms with E-state index in [2.05, 4.69) is 15.9 Å². The van der Waals surface area contributed by atoms with E-state index in [-0.39, 0.29) is 6.04 Å². The summed E-state index contributed by atoms with van der Waals surface area (Å²) in [5.41, 5.74) is 6.73. The van der Waals surface area contributed by atoms with Crippen LogP contribution in [0.1, 0.15) is 18.0 Å². The molecule has 0 aliphatic heterocycles. The highest BCUT2D eigenvalue weighted by Gasteiger charge is 2.09. The van der Waals surface area contributed by atoms with Gasteiger partial charge in [-0.05, 0) is 17.7 Å². The van der Waals surface area contributed by atoms with Crippen molar-refractivity contribution in [2.45, 2.75) is 12.5 Å². The van der Waals surface area contributed by atoms with Crippen LogP contribution >= 0.6 is 15.9 Å². The van der Waals surface area contributed by atoms with Gasteiger partial charge in [0.05, 0.1) is 19.6 Å². The molecule has 3 nitrogen and oxygen atoms in total. The van der Waals surface area contributed by atoms with E-state index in [4.69, 9.17) is 15.7 Å². The van der Waals surface area contributed by atoms with Crippen molar-refractivity contribution in [1.82, 2.24) is 0 Å². The first kappa shape index (κ1) is 11.0. The molecule has 4 heteroatoms. The summed E-state index contributed by atoms with van der Waals surface area (Å²) in [6.45, 7) is 0. The Balaban J connectivity index is 2.94. The first-order chi connectivity index (χ1) is 6.69. The van der Waals surface area contributed by atoms with E-state index in [1.807, 2.05) is 24.3 Å². The van der Waals surface area contributed by atoms with Crippen molar-refractivity contribution in [3.8, 4) is 11.8 Å². The van der Waals surface area contributed by atoms with Crippen LogP contribution in [-0.2, 0) is 0 Å². The van der Waals surface area contributed by atoms with Crippen LogP contribution in [0.25, 0.3) is 0 Å². The van der Waals surface area contributed by atoms with Gasteiger partial charge in [0, 0.05) is 10.5 Å². The maximum Gasteiger partial charge on any atom is 0.120 e. The normalized spacial score (nSPS) is 11.9. The van der Waals surface area contributed by atoms with E-state index in [1.165, 1.54) is 0 Å². The predicted octanol–water partition coefficient (Wildman–Crippen LogP) is 2.37. The SMILES string of the molecule is COc1ccc([C@@H](N)CC#N)c(Br)c1. The van der Waals surface area contributed by atoms with Crippen molar-refractivity contribution in [3.05, 3.63) is 28.2 Å². The molecule has 1 rings (SSSR count). The molecule has 0 spiro atoms. The third kappa shape index (κ3) is 2.47. The van der Waals surface area contributed by atoms with E-state index in [0.29, 0.717) is 6.42 Å². The third-order valence-corrected chi connectivity index (χ3v) is 2.61. The molecule has 74 valence electrons. The molecule has 0 aliphatic carbocycles. The van der Waals surface area contributed by atoms with Crippen molar-refractivity contribution in [2.75, 3.05) is 7.11 Å². The number of methoxy groups -OCH3 is 1. The maximum atomic E-state index is 8.52. The van der Waals surface area contributed by atoms with Crippen LogP contribution in [0.4, 0.5) is 0 Å². The number of hydrogen-bond donors (Lipinski definition) is 1. The van der Waals surface area contributed by atoms with Gasteiger partial charge in [-0.2, -0.15) is 5.26 Å². The first-order valence-corrected chi connectivity index (χ1v) is 4.94. The van der Waals surface area contributed by atoms with Crippen LogP contribution in [0.3, 0.4) is 0 Å². The van der Waals surface area contributed by atoms with Crippen molar-refractivity contribution in [3.63, 3.8) is 0 Å². The number of halogens is 1. The van der Waals surface area contributed by atoms with E-state index in [1.54, 1.807) is 7.11 Å². The number of nitrogens with zero attached hydrogens (tertiary/aromatic N) is 1. The quantitative estimate of drug-likeness (QED) is 0.901. The fourth-order valence-corrected chi connectivity index (χ4v) is 1.80. The molecule has 0 bridgehead atoms. The second-order valence-corrected chi connectivity index (χ2v) is 3.71. The lowest BCUT2D eigenvalue weighted by molar-refractivity contribution is 0.414. The molecule has 1 atom stereocenters. The molecule has 0 saturated carbocycles. The Bertz CT molecular complexity index is 360. The average molecular weight is 255 g/mol. The molecule has 1 aromatic carbocycles. The zero-order valence-corrected chi connectivity index (χ0v) is 9.41. The summed E-state index contributed by atoms with van der Waals surface area (Å²) in [7, 11) is 1.61. The summed E-state index contributed by atoms with van der Waals surface area (Å²) in [6.07, 6.45) is 0.310. The van der Waals surface area contributed by atoms with Crippen LogP contribution in [0, 0.1) is 11.3 Å². The van der Waals surface area contributed by atoms with Crippen LogP contribution < -0.4 is 10.5 Å². The molecule has 0 fully saturated rings. The molecule has 0 heterocycles. The lowest BCUT2D eigenvalue weighted by atomic mass is 10.1. The Morgan fingerprint density at radius 2 is 2.36 bits per heavy atom. The Morgan fingerprint density at radius 1 is 1.64 bits per heavy atom. The first-order valence-electron chi connectivity index (χ1n) is 4.15. The zero-order chi connectivity index (χ0) is 10.6. The number of benzene rings is 1. The molecule has 0 amide bonds. The highest BCUT2D eigenvalue weighted by molar-refractivity contribution is 9.10. The topological polar surface area (TPSA) is 59.0 Å². The Hall–Kier alpha value is -1.05. The minimum Gasteiger partial charge on any atom is -0.497 e. The standard InChI is InChI=1S/C10H11BrN2O/c1-14-7-2-3-8(9(11)6-7)10(13)4-5-12/h2-3,6,10H,4,13H2,1H3/t10-/m0/s1. The second-order valence-electron chi connectivity index (χ2n) is 2.86. The largest absolute Gasteiger partial charge is 0.497 e. The lowest BCUT2D eigenvalue weighted by Crippen LogP contribution is -2.09. The number of nitriles is 1. The van der Waals surface area contributed by atoms with Crippen LogP contribution in [0.15, 0.2) is 22.7 Å². The summed E-state index contributed by atoms with van der Waals surface area (Å²) in [6, 6.07) is 7.33. The molecule has 0 saturated heterocycles. The van der Waals surface area contributed by atoms with Gasteiger partial charge in [-0.15, -0.1) is 0 Å². The van der Waals surface area contributed by atoms with Crippen molar-refractivity contribution >= 4 is 15.9 Å². The van der Waals surface area contributed by atoms with Gasteiger partial charge < -0.3 is 10.5 Å². The van der Waals surface area contributed by atoms with E-state index in [9.17, 15) is 0 Å². The Labute approximate surface area is 91.6 Å². The molecule has 0 aromatic heterocycles. The summed E-state index contributed by atoms with van der Waals surface area (Å²) in [4.78, 5) is 0. The maximum absolute atomic E-state index is 8.52. The lowest BCUT2D eigenvalue weighted by Gasteiger charge is -2.11. The Kier molecular flexibility index (Phi) is 3.93. The van der Waals surface area contributed by atoms with E-state index >= 15 is 0 Å². The van der Waals surface area contributed by atoms with Crippen molar-refractivity contribution < 1.29 is 4.74 Å². The number of hydrogen-bond acceptors (Lipinski definition) is 3. The van der Waals surface area contributed by atoms with Gasteiger partial charge >= 0.3 is 0 Å². The molecule has 14 heavy (non-hydrogen) atoms. The Morgan fingerprint density at radius 3 is 2.86 bits per heavy atom. The molecule has 0 unspecified atom stereocenters. The number of nitrogens with two attached hydrogens (primary N) is 1. The van der Waals surface area contributed by atoms with Gasteiger partial charge in [-0.25, -0.2) is 0 Å². The highest BCUT2D eigenvalue weighted by atomic mass is 79.9. The highest BCUT2D eigenvalue weighted by Crippen LogP contribution is 2.27. The van der Waals surface area contributed by atoms with Crippen molar-refractivity contribution in [2.24, 2.45) is 5.73 Å². The molecular formula is C10H11BrN2O. The van der Waals surface area contributed by atoms with E-state index < -0.39 is 0 Å². The fraction of sp³-hybridized carbons (Fsp3) is 0.300. The average Bonchev–Trinajstić information content (AvgIpc) is 2.17. The minimum absolute atomic E-state index is 0.250.